The molecule has 1 aromatic rings. The molecule has 0 radical (unpaired) electrons. The van der Waals surface area contributed by atoms with Gasteiger partial charge in [-0.2, -0.15) is 0 Å². The fourth-order valence-corrected chi connectivity index (χ4v) is 1.93. The number of nitrogens with one attached hydrogen (secondary N) is 2. The van der Waals surface area contributed by atoms with Crippen LogP contribution < -0.4 is 10.6 Å². The maximum Gasteiger partial charge on any atom is 0.254 e. The number of aromatic nitrogens is 1. The fourth-order valence-electron chi connectivity index (χ4n) is 1.93. The number of carbonyl (C=O) groups excluding carboxylic acids is 1. The Morgan fingerprint density at radius 3 is 2.95 bits per heavy atom. The summed E-state index contributed by atoms with van der Waals surface area (Å²) < 4.78 is 13.9. The van der Waals surface area contributed by atoms with Gasteiger partial charge in [-0.3, -0.25) is 4.79 Å². The molecule has 0 aliphatic heterocycles. The number of pyridine rings is 1. The van der Waals surface area contributed by atoms with E-state index in [4.69, 9.17) is 0 Å². The fraction of sp³-hybridized carbons (Fsp3) is 0.538. The molecule has 1 amide bonds. The van der Waals surface area contributed by atoms with Gasteiger partial charge < -0.3 is 15.5 Å². The number of likely N-dealkylation sites (N-methyl/N-ethyl adjacent to an activating group) is 1. The maximum atomic E-state index is 13.9. The normalized spacial score (nSPS) is 14.5. The van der Waals surface area contributed by atoms with E-state index in [0.717, 1.165) is 6.54 Å². The van der Waals surface area contributed by atoms with Gasteiger partial charge in [-0.1, -0.05) is 0 Å². The van der Waals surface area contributed by atoms with Crippen LogP contribution in [0.2, 0.25) is 0 Å². The molecule has 0 atom stereocenters. The lowest BCUT2D eigenvalue weighted by atomic mass is 10.2. The van der Waals surface area contributed by atoms with E-state index in [1.165, 1.54) is 25.1 Å². The van der Waals surface area contributed by atoms with Crippen molar-refractivity contribution in [3.05, 3.63) is 23.6 Å². The molecule has 1 heterocycles. The zero-order chi connectivity index (χ0) is 13.8. The van der Waals surface area contributed by atoms with E-state index in [1.807, 2.05) is 7.05 Å². The van der Waals surface area contributed by atoms with Gasteiger partial charge in [0.25, 0.3) is 5.91 Å². The number of anilines is 1. The van der Waals surface area contributed by atoms with Crippen molar-refractivity contribution >= 4 is 11.7 Å². The van der Waals surface area contributed by atoms with Crippen molar-refractivity contribution < 1.29 is 9.18 Å². The zero-order valence-electron chi connectivity index (χ0n) is 11.2. The van der Waals surface area contributed by atoms with E-state index in [9.17, 15) is 9.18 Å². The average Bonchev–Trinajstić information content (AvgIpc) is 3.23. The minimum atomic E-state index is -0.613. The van der Waals surface area contributed by atoms with E-state index in [2.05, 4.69) is 20.5 Å². The molecule has 0 unspecified atom stereocenters. The van der Waals surface area contributed by atoms with Crippen LogP contribution in [0.15, 0.2) is 12.3 Å². The van der Waals surface area contributed by atoms with Gasteiger partial charge in [0.1, 0.15) is 0 Å². The molecule has 0 spiro atoms. The molecule has 1 saturated carbocycles. The van der Waals surface area contributed by atoms with Crippen LogP contribution in [0, 0.1) is 5.82 Å². The summed E-state index contributed by atoms with van der Waals surface area (Å²) in [6, 6.07) is 2.04. The molecule has 19 heavy (non-hydrogen) atoms. The van der Waals surface area contributed by atoms with E-state index < -0.39 is 11.7 Å². The first-order valence-electron chi connectivity index (χ1n) is 6.44. The quantitative estimate of drug-likeness (QED) is 0.809. The van der Waals surface area contributed by atoms with Gasteiger partial charge in [0.2, 0.25) is 0 Å². The largest absolute Gasteiger partial charge is 0.371 e. The van der Waals surface area contributed by atoms with Crippen LogP contribution in [-0.2, 0) is 0 Å². The van der Waals surface area contributed by atoms with E-state index in [-0.39, 0.29) is 11.4 Å². The summed E-state index contributed by atoms with van der Waals surface area (Å²) in [5.41, 5.74) is 0.0217. The maximum absolute atomic E-state index is 13.9. The predicted octanol–water partition coefficient (Wildman–Crippen LogP) is 1.09. The van der Waals surface area contributed by atoms with Gasteiger partial charge in [-0.05, 0) is 26.0 Å². The summed E-state index contributed by atoms with van der Waals surface area (Å²) in [7, 11) is 3.60. The highest BCUT2D eigenvalue weighted by atomic mass is 19.1. The third kappa shape index (κ3) is 3.41. The van der Waals surface area contributed by atoms with Gasteiger partial charge in [0.15, 0.2) is 11.6 Å². The summed E-state index contributed by atoms with van der Waals surface area (Å²) in [4.78, 5) is 17.9. The number of carbonyl (C=O) groups is 1. The summed E-state index contributed by atoms with van der Waals surface area (Å²) in [5, 5.41) is 5.34. The molecule has 1 aliphatic rings. The first kappa shape index (κ1) is 13.7. The Balaban J connectivity index is 1.88. The zero-order valence-corrected chi connectivity index (χ0v) is 11.2. The molecule has 2 N–H and O–H groups in total. The molecular weight excluding hydrogens is 247 g/mol. The minimum absolute atomic E-state index is 0.0217. The Morgan fingerprint density at radius 2 is 2.32 bits per heavy atom. The van der Waals surface area contributed by atoms with Crippen LogP contribution in [0.4, 0.5) is 10.2 Å². The third-order valence-electron chi connectivity index (χ3n) is 3.29. The molecule has 0 saturated heterocycles. The monoisotopic (exact) mass is 266 g/mol. The lowest BCUT2D eigenvalue weighted by Gasteiger charge is -2.15. The molecule has 1 aliphatic carbocycles. The second kappa shape index (κ2) is 5.97. The minimum Gasteiger partial charge on any atom is -0.371 e. The SMILES string of the molecule is CNc1nccc(C(=O)NCCN(C)C2CC2)c1F. The van der Waals surface area contributed by atoms with Crippen molar-refractivity contribution in [3.63, 3.8) is 0 Å². The molecule has 6 heteroatoms. The topological polar surface area (TPSA) is 57.3 Å². The number of hydrogen-bond donors (Lipinski definition) is 2. The summed E-state index contributed by atoms with van der Waals surface area (Å²) in [6.07, 6.45) is 3.88. The Labute approximate surface area is 112 Å². The summed E-state index contributed by atoms with van der Waals surface area (Å²) in [5.74, 6) is -0.929. The van der Waals surface area contributed by atoms with Crippen molar-refractivity contribution in [3.8, 4) is 0 Å². The second-order valence-corrected chi connectivity index (χ2v) is 4.74. The van der Waals surface area contributed by atoms with Crippen LogP contribution in [0.1, 0.15) is 23.2 Å². The highest BCUT2D eigenvalue weighted by Crippen LogP contribution is 2.24. The van der Waals surface area contributed by atoms with Crippen LogP contribution in [-0.4, -0.2) is 49.0 Å². The van der Waals surface area contributed by atoms with E-state index >= 15 is 0 Å². The number of rotatable bonds is 6. The molecule has 1 fully saturated rings. The van der Waals surface area contributed by atoms with E-state index in [1.54, 1.807) is 7.05 Å². The van der Waals surface area contributed by atoms with Crippen LogP contribution in [0.25, 0.3) is 0 Å². The molecule has 0 aromatic carbocycles. The predicted molar refractivity (Wildman–Crippen MR) is 71.7 cm³/mol. The average molecular weight is 266 g/mol. The Bertz CT molecular complexity index is 462. The van der Waals surface area contributed by atoms with Crippen LogP contribution >= 0.6 is 0 Å². The smallest absolute Gasteiger partial charge is 0.254 e. The standard InChI is InChI=1S/C13H19FN4O/c1-15-12-11(14)10(5-6-16-12)13(19)17-7-8-18(2)9-3-4-9/h5-6,9H,3-4,7-8H2,1-2H3,(H,15,16)(H,17,19). The molecule has 2 rings (SSSR count). The van der Waals surface area contributed by atoms with Crippen molar-refractivity contribution in [2.75, 3.05) is 32.5 Å². The van der Waals surface area contributed by atoms with Gasteiger partial charge in [-0.25, -0.2) is 9.37 Å². The lowest BCUT2D eigenvalue weighted by Crippen LogP contribution is -2.34. The highest BCUT2D eigenvalue weighted by molar-refractivity contribution is 5.95. The van der Waals surface area contributed by atoms with Crippen molar-refractivity contribution in [1.82, 2.24) is 15.2 Å². The molecule has 1 aromatic heterocycles. The van der Waals surface area contributed by atoms with Crippen molar-refractivity contribution in [1.29, 1.82) is 0 Å². The molecule has 104 valence electrons. The first-order valence-corrected chi connectivity index (χ1v) is 6.44. The van der Waals surface area contributed by atoms with Crippen LogP contribution in [0.3, 0.4) is 0 Å². The Kier molecular flexibility index (Phi) is 4.31. The van der Waals surface area contributed by atoms with Gasteiger partial charge in [-0.15, -0.1) is 0 Å². The van der Waals surface area contributed by atoms with Crippen LogP contribution in [0.5, 0.6) is 0 Å². The number of nitrogens with zero attached hydrogens (tertiary/aromatic N) is 2. The van der Waals surface area contributed by atoms with Gasteiger partial charge in [0.05, 0.1) is 5.56 Å². The van der Waals surface area contributed by atoms with Gasteiger partial charge >= 0.3 is 0 Å². The lowest BCUT2D eigenvalue weighted by molar-refractivity contribution is 0.0945. The second-order valence-electron chi connectivity index (χ2n) is 4.74. The molecule has 5 nitrogen and oxygen atoms in total. The molecular formula is C13H19FN4O. The Morgan fingerprint density at radius 1 is 1.58 bits per heavy atom. The van der Waals surface area contributed by atoms with E-state index in [0.29, 0.717) is 12.6 Å². The Hall–Kier alpha value is -1.69. The van der Waals surface area contributed by atoms with Gasteiger partial charge in [0, 0.05) is 32.4 Å². The summed E-state index contributed by atoms with van der Waals surface area (Å²) >= 11 is 0. The molecule has 0 bridgehead atoms. The first-order chi connectivity index (χ1) is 9.13. The summed E-state index contributed by atoms with van der Waals surface area (Å²) in [6.45, 7) is 1.30. The number of halogens is 1. The number of hydrogen-bond acceptors (Lipinski definition) is 4. The van der Waals surface area contributed by atoms with Crippen molar-refractivity contribution in [2.45, 2.75) is 18.9 Å². The highest BCUT2D eigenvalue weighted by Gasteiger charge is 2.25. The van der Waals surface area contributed by atoms with Crippen molar-refractivity contribution in [2.24, 2.45) is 0 Å². The number of amides is 1. The third-order valence-corrected chi connectivity index (χ3v) is 3.29.